The Labute approximate surface area is 123 Å². The molecule has 1 aromatic carbocycles. The van der Waals surface area contributed by atoms with Gasteiger partial charge < -0.3 is 5.11 Å². The van der Waals surface area contributed by atoms with E-state index >= 15 is 0 Å². The van der Waals surface area contributed by atoms with E-state index in [0.29, 0.717) is 11.1 Å². The fourth-order valence-corrected chi connectivity index (χ4v) is 2.75. The first-order valence-corrected chi connectivity index (χ1v) is 6.73. The van der Waals surface area contributed by atoms with Crippen molar-refractivity contribution in [2.24, 2.45) is 0 Å². The van der Waals surface area contributed by atoms with E-state index in [1.807, 2.05) is 31.2 Å². The van der Waals surface area contributed by atoms with Crippen molar-refractivity contribution in [3.05, 3.63) is 65.0 Å². The van der Waals surface area contributed by atoms with Crippen molar-refractivity contribution < 1.29 is 9.90 Å². The minimum atomic E-state index is -1.53. The number of benzene rings is 1. The number of aryl methyl sites for hydroxylation is 1. The molecule has 1 amide bonds. The number of carbonyl (C=O) groups is 1. The van der Waals surface area contributed by atoms with Crippen LogP contribution >= 0.6 is 0 Å². The second kappa shape index (κ2) is 4.65. The van der Waals surface area contributed by atoms with Crippen molar-refractivity contribution in [3.63, 3.8) is 0 Å². The predicted molar refractivity (Wildman–Crippen MR) is 78.3 cm³/mol. The van der Waals surface area contributed by atoms with Crippen LogP contribution in [0.1, 0.15) is 27.2 Å². The first-order valence-electron chi connectivity index (χ1n) is 6.73. The van der Waals surface area contributed by atoms with Gasteiger partial charge in [-0.25, -0.2) is 10.0 Å². The third-order valence-corrected chi connectivity index (χ3v) is 3.74. The van der Waals surface area contributed by atoms with Gasteiger partial charge in [0.15, 0.2) is 0 Å². The molecule has 0 saturated carbocycles. The largest absolute Gasteiger partial charge is 0.362 e. The topological polar surface area (TPSA) is 56.7 Å². The molecule has 1 N–H and O–H groups in total. The summed E-state index contributed by atoms with van der Waals surface area (Å²) in [6.07, 6.45) is 1.56. The molecule has 5 nitrogen and oxygen atoms in total. The number of hydrogen-bond donors (Lipinski definition) is 1. The molecule has 2 heterocycles. The van der Waals surface area contributed by atoms with Gasteiger partial charge in [-0.3, -0.25) is 9.78 Å². The molecule has 1 atom stereocenters. The van der Waals surface area contributed by atoms with Crippen LogP contribution in [0.5, 0.6) is 0 Å². The summed E-state index contributed by atoms with van der Waals surface area (Å²) in [5.74, 6) is -0.307. The predicted octanol–water partition coefficient (Wildman–Crippen LogP) is 1.52. The quantitative estimate of drug-likeness (QED) is 0.908. The standard InChI is InChI=1S/C16H17N3O2/c1-11-6-8-12(9-7-11)16(21)13-5-4-10-17-14(13)15(20)19(16)18(2)3/h4-10,21H,1-3H3. The van der Waals surface area contributed by atoms with Crippen LogP contribution in [0.2, 0.25) is 0 Å². The maximum atomic E-state index is 12.6. The van der Waals surface area contributed by atoms with Gasteiger partial charge in [0.1, 0.15) is 5.69 Å². The normalized spacial score (nSPS) is 21.0. The zero-order valence-electron chi connectivity index (χ0n) is 12.2. The highest BCUT2D eigenvalue weighted by molar-refractivity contribution is 5.98. The summed E-state index contributed by atoms with van der Waals surface area (Å²) in [5, 5.41) is 14.2. The first kappa shape index (κ1) is 13.7. The molecule has 0 fully saturated rings. The molecule has 1 aromatic heterocycles. The fourth-order valence-electron chi connectivity index (χ4n) is 2.75. The Bertz CT molecular complexity index is 697. The lowest BCUT2D eigenvalue weighted by molar-refractivity contribution is -0.136. The molecule has 0 radical (unpaired) electrons. The van der Waals surface area contributed by atoms with Crippen LogP contribution in [-0.4, -0.2) is 40.1 Å². The molecule has 0 aliphatic carbocycles. The number of nitrogens with zero attached hydrogens (tertiary/aromatic N) is 3. The van der Waals surface area contributed by atoms with E-state index in [9.17, 15) is 9.90 Å². The van der Waals surface area contributed by atoms with Crippen LogP contribution in [0.4, 0.5) is 0 Å². The van der Waals surface area contributed by atoms with Crippen molar-refractivity contribution in [2.75, 3.05) is 14.1 Å². The summed E-state index contributed by atoms with van der Waals surface area (Å²) in [4.78, 5) is 16.7. The van der Waals surface area contributed by atoms with E-state index in [1.165, 1.54) is 5.01 Å². The average molecular weight is 283 g/mol. The Morgan fingerprint density at radius 1 is 1.19 bits per heavy atom. The van der Waals surface area contributed by atoms with Crippen LogP contribution in [0.25, 0.3) is 0 Å². The van der Waals surface area contributed by atoms with Crippen LogP contribution in [0.15, 0.2) is 42.6 Å². The molecule has 1 aliphatic rings. The number of hydrazine groups is 1. The summed E-state index contributed by atoms with van der Waals surface area (Å²) >= 11 is 0. The van der Waals surface area contributed by atoms with Gasteiger partial charge in [-0.2, -0.15) is 0 Å². The van der Waals surface area contributed by atoms with Gasteiger partial charge in [-0.05, 0) is 19.1 Å². The number of aromatic nitrogens is 1. The fraction of sp³-hybridized carbons (Fsp3) is 0.250. The summed E-state index contributed by atoms with van der Waals surface area (Å²) in [7, 11) is 3.45. The molecule has 1 aliphatic heterocycles. The lowest BCUT2D eigenvalue weighted by Crippen LogP contribution is -2.51. The van der Waals surface area contributed by atoms with E-state index in [-0.39, 0.29) is 11.6 Å². The number of carbonyl (C=O) groups excluding carboxylic acids is 1. The smallest absolute Gasteiger partial charge is 0.290 e. The van der Waals surface area contributed by atoms with Crippen molar-refractivity contribution in [3.8, 4) is 0 Å². The van der Waals surface area contributed by atoms with Crippen molar-refractivity contribution >= 4 is 5.91 Å². The number of aliphatic hydroxyl groups is 1. The van der Waals surface area contributed by atoms with E-state index in [1.54, 1.807) is 37.4 Å². The maximum Gasteiger partial charge on any atom is 0.290 e. The Hall–Kier alpha value is -2.24. The molecule has 3 rings (SSSR count). The molecule has 0 spiro atoms. The van der Waals surface area contributed by atoms with Gasteiger partial charge in [0, 0.05) is 31.4 Å². The van der Waals surface area contributed by atoms with E-state index < -0.39 is 5.72 Å². The number of amides is 1. The molecule has 2 aromatic rings. The van der Waals surface area contributed by atoms with Gasteiger partial charge in [0.25, 0.3) is 5.91 Å². The third-order valence-electron chi connectivity index (χ3n) is 3.74. The summed E-state index contributed by atoms with van der Waals surface area (Å²) in [5.41, 5.74) is 0.996. The summed E-state index contributed by atoms with van der Waals surface area (Å²) < 4.78 is 0. The van der Waals surface area contributed by atoms with Crippen LogP contribution in [-0.2, 0) is 5.72 Å². The van der Waals surface area contributed by atoms with Crippen molar-refractivity contribution in [1.29, 1.82) is 0 Å². The molecular formula is C16H17N3O2. The van der Waals surface area contributed by atoms with Crippen LogP contribution in [0, 0.1) is 6.92 Å². The lowest BCUT2D eigenvalue weighted by Gasteiger charge is -2.38. The third kappa shape index (κ3) is 1.86. The maximum absolute atomic E-state index is 12.6. The summed E-state index contributed by atoms with van der Waals surface area (Å²) in [6.45, 7) is 1.98. The first-order chi connectivity index (χ1) is 9.96. The van der Waals surface area contributed by atoms with Crippen molar-refractivity contribution in [2.45, 2.75) is 12.6 Å². The molecule has 21 heavy (non-hydrogen) atoms. The molecule has 5 heteroatoms. The minimum absolute atomic E-state index is 0.286. The van der Waals surface area contributed by atoms with Gasteiger partial charge in [-0.1, -0.05) is 29.8 Å². The van der Waals surface area contributed by atoms with E-state index in [2.05, 4.69) is 4.98 Å². The lowest BCUT2D eigenvalue weighted by atomic mass is 9.95. The molecular weight excluding hydrogens is 266 g/mol. The Morgan fingerprint density at radius 2 is 1.86 bits per heavy atom. The summed E-state index contributed by atoms with van der Waals surface area (Å²) in [6, 6.07) is 11.0. The second-order valence-electron chi connectivity index (χ2n) is 5.40. The Kier molecular flexibility index (Phi) is 3.04. The monoisotopic (exact) mass is 283 g/mol. The zero-order chi connectivity index (χ0) is 15.2. The number of fused-ring (bicyclic) bond motifs is 1. The Balaban J connectivity index is 2.26. The van der Waals surface area contributed by atoms with Crippen LogP contribution < -0.4 is 0 Å². The highest BCUT2D eigenvalue weighted by Gasteiger charge is 2.52. The van der Waals surface area contributed by atoms with E-state index in [4.69, 9.17) is 0 Å². The van der Waals surface area contributed by atoms with Gasteiger partial charge in [0.05, 0.1) is 0 Å². The van der Waals surface area contributed by atoms with Crippen LogP contribution in [0.3, 0.4) is 0 Å². The highest BCUT2D eigenvalue weighted by atomic mass is 16.3. The van der Waals surface area contributed by atoms with Gasteiger partial charge in [-0.15, -0.1) is 0 Å². The second-order valence-corrected chi connectivity index (χ2v) is 5.40. The highest BCUT2D eigenvalue weighted by Crippen LogP contribution is 2.41. The number of rotatable bonds is 2. The minimum Gasteiger partial charge on any atom is -0.362 e. The van der Waals surface area contributed by atoms with E-state index in [0.717, 1.165) is 5.56 Å². The van der Waals surface area contributed by atoms with Gasteiger partial charge in [0.2, 0.25) is 5.72 Å². The van der Waals surface area contributed by atoms with Crippen molar-refractivity contribution in [1.82, 2.24) is 15.0 Å². The number of pyridine rings is 1. The SMILES string of the molecule is Cc1ccc(C2(O)c3cccnc3C(=O)N2N(C)C)cc1. The average Bonchev–Trinajstić information content (AvgIpc) is 2.70. The molecule has 0 saturated heterocycles. The zero-order valence-corrected chi connectivity index (χ0v) is 12.2. The molecule has 0 bridgehead atoms. The van der Waals surface area contributed by atoms with Gasteiger partial charge >= 0.3 is 0 Å². The number of hydrogen-bond acceptors (Lipinski definition) is 4. The molecule has 1 unspecified atom stereocenters. The Morgan fingerprint density at radius 3 is 2.48 bits per heavy atom. The molecule has 108 valence electrons.